The number of benzene rings is 2. The molecule has 3 nitrogen and oxygen atoms in total. The number of phenols is 2. The molecule has 0 fully saturated rings. The summed E-state index contributed by atoms with van der Waals surface area (Å²) in [5.74, 6) is 0.142. The lowest BCUT2D eigenvalue weighted by molar-refractivity contribution is 0.298. The van der Waals surface area contributed by atoms with E-state index in [1.165, 1.54) is 36.4 Å². The van der Waals surface area contributed by atoms with Crippen molar-refractivity contribution in [2.75, 3.05) is 0 Å². The van der Waals surface area contributed by atoms with Gasteiger partial charge in [0.15, 0.2) is 0 Å². The van der Waals surface area contributed by atoms with Crippen LogP contribution in [0, 0.1) is 5.82 Å². The molecule has 0 aliphatic carbocycles. The first kappa shape index (κ1) is 11.3. The van der Waals surface area contributed by atoms with Crippen molar-refractivity contribution < 1.29 is 19.3 Å². The minimum atomic E-state index is -0.329. The van der Waals surface area contributed by atoms with E-state index in [2.05, 4.69) is 0 Å². The molecule has 17 heavy (non-hydrogen) atoms. The Kier molecular flexibility index (Phi) is 3.14. The fourth-order valence-corrected chi connectivity index (χ4v) is 1.37. The molecule has 0 amide bonds. The van der Waals surface area contributed by atoms with E-state index < -0.39 is 0 Å². The second kappa shape index (κ2) is 4.74. The molecule has 0 atom stereocenters. The van der Waals surface area contributed by atoms with Crippen molar-refractivity contribution in [2.45, 2.75) is 6.61 Å². The van der Waals surface area contributed by atoms with Gasteiger partial charge in [-0.3, -0.25) is 0 Å². The van der Waals surface area contributed by atoms with Gasteiger partial charge in [0.25, 0.3) is 0 Å². The SMILES string of the molecule is Oc1ccc(COc2ccc(F)cc2)c(O)c1. The van der Waals surface area contributed by atoms with Crippen LogP contribution in [0.4, 0.5) is 4.39 Å². The van der Waals surface area contributed by atoms with Gasteiger partial charge in [0, 0.05) is 11.6 Å². The normalized spacial score (nSPS) is 10.2. The van der Waals surface area contributed by atoms with Crippen molar-refractivity contribution >= 4 is 0 Å². The predicted molar refractivity (Wildman–Crippen MR) is 60.5 cm³/mol. The highest BCUT2D eigenvalue weighted by atomic mass is 19.1. The summed E-state index contributed by atoms with van der Waals surface area (Å²) in [6.45, 7) is 0.151. The quantitative estimate of drug-likeness (QED) is 0.858. The van der Waals surface area contributed by atoms with Crippen LogP contribution >= 0.6 is 0 Å². The van der Waals surface area contributed by atoms with Crippen LogP contribution in [0.25, 0.3) is 0 Å². The van der Waals surface area contributed by atoms with Crippen molar-refractivity contribution in [3.63, 3.8) is 0 Å². The molecule has 0 saturated carbocycles. The minimum absolute atomic E-state index is 0.00645. The first-order chi connectivity index (χ1) is 8.15. The zero-order valence-electron chi connectivity index (χ0n) is 8.93. The van der Waals surface area contributed by atoms with Gasteiger partial charge in [-0.1, -0.05) is 0 Å². The van der Waals surface area contributed by atoms with Gasteiger partial charge >= 0.3 is 0 Å². The van der Waals surface area contributed by atoms with Crippen LogP contribution in [0.1, 0.15) is 5.56 Å². The molecular formula is C13H11FO3. The molecule has 0 aliphatic rings. The van der Waals surface area contributed by atoms with Gasteiger partial charge in [0.05, 0.1) is 0 Å². The number of ether oxygens (including phenoxy) is 1. The van der Waals surface area contributed by atoms with E-state index in [1.807, 2.05) is 0 Å². The first-order valence-corrected chi connectivity index (χ1v) is 5.04. The van der Waals surface area contributed by atoms with Crippen LogP contribution < -0.4 is 4.74 Å². The molecule has 4 heteroatoms. The number of hydrogen-bond donors (Lipinski definition) is 2. The monoisotopic (exact) mass is 234 g/mol. The summed E-state index contributed by atoms with van der Waals surface area (Å²) in [4.78, 5) is 0. The molecule has 0 bridgehead atoms. The maximum absolute atomic E-state index is 12.6. The maximum atomic E-state index is 12.6. The van der Waals surface area contributed by atoms with Crippen LogP contribution in [0.5, 0.6) is 17.2 Å². The number of hydrogen-bond acceptors (Lipinski definition) is 3. The molecule has 88 valence electrons. The highest BCUT2D eigenvalue weighted by Gasteiger charge is 2.03. The summed E-state index contributed by atoms with van der Waals surface area (Å²) in [5.41, 5.74) is 0.548. The molecule has 2 rings (SSSR count). The fourth-order valence-electron chi connectivity index (χ4n) is 1.37. The Bertz CT molecular complexity index is 509. The average Bonchev–Trinajstić information content (AvgIpc) is 2.30. The topological polar surface area (TPSA) is 49.7 Å². The zero-order valence-corrected chi connectivity index (χ0v) is 8.93. The lowest BCUT2D eigenvalue weighted by Crippen LogP contribution is -1.95. The third kappa shape index (κ3) is 2.87. The van der Waals surface area contributed by atoms with Crippen LogP contribution in [0.15, 0.2) is 42.5 Å². The Morgan fingerprint density at radius 1 is 1.00 bits per heavy atom. The van der Waals surface area contributed by atoms with E-state index in [9.17, 15) is 9.50 Å². The Morgan fingerprint density at radius 2 is 1.71 bits per heavy atom. The van der Waals surface area contributed by atoms with Crippen LogP contribution in [0.3, 0.4) is 0 Å². The minimum Gasteiger partial charge on any atom is -0.508 e. The highest BCUT2D eigenvalue weighted by Crippen LogP contribution is 2.24. The van der Waals surface area contributed by atoms with E-state index in [-0.39, 0.29) is 23.9 Å². The van der Waals surface area contributed by atoms with Crippen molar-refractivity contribution in [1.29, 1.82) is 0 Å². The lowest BCUT2D eigenvalue weighted by atomic mass is 10.2. The van der Waals surface area contributed by atoms with E-state index in [1.54, 1.807) is 6.07 Å². The lowest BCUT2D eigenvalue weighted by Gasteiger charge is -2.07. The summed E-state index contributed by atoms with van der Waals surface area (Å²) in [6, 6.07) is 9.87. The van der Waals surface area contributed by atoms with E-state index >= 15 is 0 Å². The van der Waals surface area contributed by atoms with Crippen molar-refractivity contribution in [2.24, 2.45) is 0 Å². The van der Waals surface area contributed by atoms with Gasteiger partial charge in [-0.25, -0.2) is 4.39 Å². The smallest absolute Gasteiger partial charge is 0.125 e. The molecule has 0 spiro atoms. The molecule has 2 aromatic rings. The van der Waals surface area contributed by atoms with Gasteiger partial charge in [-0.2, -0.15) is 0 Å². The standard InChI is InChI=1S/C13H11FO3/c14-10-2-5-12(6-3-10)17-8-9-1-4-11(15)7-13(9)16/h1-7,15-16H,8H2. The van der Waals surface area contributed by atoms with Gasteiger partial charge < -0.3 is 14.9 Å². The maximum Gasteiger partial charge on any atom is 0.125 e. The van der Waals surface area contributed by atoms with Crippen molar-refractivity contribution in [1.82, 2.24) is 0 Å². The van der Waals surface area contributed by atoms with Gasteiger partial charge in [0.1, 0.15) is 29.7 Å². The largest absolute Gasteiger partial charge is 0.508 e. The van der Waals surface area contributed by atoms with Crippen LogP contribution in [0.2, 0.25) is 0 Å². The third-order valence-electron chi connectivity index (χ3n) is 2.28. The van der Waals surface area contributed by atoms with Crippen molar-refractivity contribution in [3.05, 3.63) is 53.8 Å². The Labute approximate surface area is 97.7 Å². The van der Waals surface area contributed by atoms with Crippen LogP contribution in [-0.2, 0) is 6.61 Å². The van der Waals surface area contributed by atoms with E-state index in [0.29, 0.717) is 11.3 Å². The van der Waals surface area contributed by atoms with Crippen molar-refractivity contribution in [3.8, 4) is 17.2 Å². The summed E-state index contributed by atoms with van der Waals surface area (Å²) in [6.07, 6.45) is 0. The fraction of sp³-hybridized carbons (Fsp3) is 0.0769. The number of rotatable bonds is 3. The molecular weight excluding hydrogens is 223 g/mol. The van der Waals surface area contributed by atoms with Gasteiger partial charge in [-0.05, 0) is 36.4 Å². The summed E-state index contributed by atoms with van der Waals surface area (Å²) >= 11 is 0. The molecule has 0 aromatic heterocycles. The second-order valence-electron chi connectivity index (χ2n) is 3.56. The predicted octanol–water partition coefficient (Wildman–Crippen LogP) is 2.82. The summed E-state index contributed by atoms with van der Waals surface area (Å²) in [7, 11) is 0. The molecule has 0 heterocycles. The van der Waals surface area contributed by atoms with Crippen LogP contribution in [-0.4, -0.2) is 10.2 Å². The Hall–Kier alpha value is -2.23. The number of aromatic hydroxyl groups is 2. The van der Waals surface area contributed by atoms with Gasteiger partial charge in [-0.15, -0.1) is 0 Å². The zero-order chi connectivity index (χ0) is 12.3. The summed E-state index contributed by atoms with van der Waals surface area (Å²) < 4.78 is 18.0. The molecule has 2 aromatic carbocycles. The third-order valence-corrected chi connectivity index (χ3v) is 2.28. The molecule has 0 unspecified atom stereocenters. The molecule has 0 radical (unpaired) electrons. The molecule has 0 saturated heterocycles. The first-order valence-electron chi connectivity index (χ1n) is 5.04. The van der Waals surface area contributed by atoms with Gasteiger partial charge in [0.2, 0.25) is 0 Å². The number of phenolic OH excluding ortho intramolecular Hbond substituents is 2. The highest BCUT2D eigenvalue weighted by molar-refractivity contribution is 5.38. The average molecular weight is 234 g/mol. The Morgan fingerprint density at radius 3 is 2.35 bits per heavy atom. The second-order valence-corrected chi connectivity index (χ2v) is 3.56. The number of halogens is 1. The molecule has 2 N–H and O–H groups in total. The Balaban J connectivity index is 2.04. The van der Waals surface area contributed by atoms with E-state index in [4.69, 9.17) is 9.84 Å². The summed E-state index contributed by atoms with van der Waals surface area (Å²) in [5, 5.41) is 18.6. The van der Waals surface area contributed by atoms with E-state index in [0.717, 1.165) is 0 Å². The molecule has 0 aliphatic heterocycles.